The lowest BCUT2D eigenvalue weighted by Crippen LogP contribution is -2.34. The maximum atomic E-state index is 13.1. The summed E-state index contributed by atoms with van der Waals surface area (Å²) >= 11 is 1.40. The molecule has 0 saturated carbocycles. The second-order valence-corrected chi connectivity index (χ2v) is 9.48. The van der Waals surface area contributed by atoms with E-state index in [9.17, 15) is 14.4 Å². The number of amides is 3. The minimum Gasteiger partial charge on any atom is -0.381 e. The fourth-order valence-electron chi connectivity index (χ4n) is 3.61. The Labute approximate surface area is 202 Å². The van der Waals surface area contributed by atoms with Crippen LogP contribution in [0.1, 0.15) is 27.0 Å². The van der Waals surface area contributed by atoms with Gasteiger partial charge in [0, 0.05) is 40.9 Å². The largest absolute Gasteiger partial charge is 0.381 e. The van der Waals surface area contributed by atoms with Crippen LogP contribution >= 0.6 is 11.3 Å². The lowest BCUT2D eigenvalue weighted by atomic mass is 10.1. The molecule has 0 saturated heterocycles. The van der Waals surface area contributed by atoms with Crippen molar-refractivity contribution in [3.63, 3.8) is 0 Å². The summed E-state index contributed by atoms with van der Waals surface area (Å²) in [5.74, 6) is -0.688. The Bertz CT molecular complexity index is 1280. The number of anilines is 3. The summed E-state index contributed by atoms with van der Waals surface area (Å²) in [6.45, 7) is 3.20. The van der Waals surface area contributed by atoms with Gasteiger partial charge in [0.25, 0.3) is 11.8 Å². The van der Waals surface area contributed by atoms with E-state index in [1.165, 1.54) is 17.4 Å². The Morgan fingerprint density at radius 1 is 1.15 bits per heavy atom. The van der Waals surface area contributed by atoms with Gasteiger partial charge in [0.05, 0.1) is 17.1 Å². The van der Waals surface area contributed by atoms with Crippen molar-refractivity contribution in [3.8, 4) is 0 Å². The van der Waals surface area contributed by atoms with Gasteiger partial charge in [-0.05, 0) is 51.4 Å². The molecule has 2 aromatic carbocycles. The number of fused-ring (bicyclic) bond motifs is 3. The number of hydrogen-bond acceptors (Lipinski definition) is 6. The maximum absolute atomic E-state index is 13.1. The molecule has 9 heteroatoms. The number of thiophene rings is 1. The van der Waals surface area contributed by atoms with Crippen LogP contribution in [0.25, 0.3) is 10.1 Å². The number of rotatable bonds is 6. The van der Waals surface area contributed by atoms with Crippen molar-refractivity contribution in [1.82, 2.24) is 10.2 Å². The van der Waals surface area contributed by atoms with Gasteiger partial charge in [0.2, 0.25) is 5.91 Å². The van der Waals surface area contributed by atoms with Gasteiger partial charge in [-0.2, -0.15) is 0 Å². The van der Waals surface area contributed by atoms with Gasteiger partial charge in [-0.25, -0.2) is 0 Å². The zero-order valence-corrected chi connectivity index (χ0v) is 20.1. The molecule has 3 amide bonds. The summed E-state index contributed by atoms with van der Waals surface area (Å²) < 4.78 is 0.927. The quantitative estimate of drug-likeness (QED) is 0.405. The van der Waals surface area contributed by atoms with E-state index >= 15 is 0 Å². The molecule has 0 radical (unpaired) electrons. The normalized spacial score (nSPS) is 15.5. The van der Waals surface area contributed by atoms with Crippen LogP contribution in [0.15, 0.2) is 54.6 Å². The number of carbonyl (C=O) groups excluding carboxylic acids is 3. The van der Waals surface area contributed by atoms with Crippen molar-refractivity contribution < 1.29 is 14.4 Å². The summed E-state index contributed by atoms with van der Waals surface area (Å²) in [7, 11) is 3.84. The highest BCUT2D eigenvalue weighted by Gasteiger charge is 2.24. The zero-order valence-electron chi connectivity index (χ0n) is 19.3. The predicted molar refractivity (Wildman–Crippen MR) is 138 cm³/mol. The van der Waals surface area contributed by atoms with E-state index in [1.807, 2.05) is 32.0 Å². The minimum absolute atomic E-state index is 0.0121. The van der Waals surface area contributed by atoms with Gasteiger partial charge in [-0.3, -0.25) is 14.4 Å². The highest BCUT2D eigenvalue weighted by molar-refractivity contribution is 7.21. The lowest BCUT2D eigenvalue weighted by molar-refractivity contribution is -0.111. The third-order valence-corrected chi connectivity index (χ3v) is 6.46. The molecule has 1 aliphatic rings. The summed E-state index contributed by atoms with van der Waals surface area (Å²) in [6.07, 6.45) is 3.24. The van der Waals surface area contributed by atoms with Crippen LogP contribution in [0, 0.1) is 0 Å². The van der Waals surface area contributed by atoms with Crippen LogP contribution in [0.4, 0.5) is 17.1 Å². The summed E-state index contributed by atoms with van der Waals surface area (Å²) in [5, 5.41) is 12.8. The smallest absolute Gasteiger partial charge is 0.263 e. The van der Waals surface area contributed by atoms with Crippen molar-refractivity contribution in [2.75, 3.05) is 43.1 Å². The van der Waals surface area contributed by atoms with Crippen molar-refractivity contribution in [2.24, 2.45) is 0 Å². The van der Waals surface area contributed by atoms with Crippen LogP contribution in [0.3, 0.4) is 0 Å². The fraction of sp³-hybridized carbons (Fsp3) is 0.240. The SMILES string of the molecule is C[C@@H]1CNc2c(sc3ccc(C(=O)Nc4ccccc4NC(=O)/C=C/CN(C)C)cc23)C(=O)N1. The van der Waals surface area contributed by atoms with Gasteiger partial charge in [-0.1, -0.05) is 18.2 Å². The Hall–Kier alpha value is -3.69. The van der Waals surface area contributed by atoms with E-state index < -0.39 is 0 Å². The first-order chi connectivity index (χ1) is 16.3. The lowest BCUT2D eigenvalue weighted by Gasteiger charge is -2.12. The number of benzene rings is 2. The molecule has 0 fully saturated rings. The third-order valence-electron chi connectivity index (χ3n) is 5.29. The van der Waals surface area contributed by atoms with Crippen LogP contribution in [0.2, 0.25) is 0 Å². The van der Waals surface area contributed by atoms with Crippen LogP contribution in [-0.4, -0.2) is 55.8 Å². The van der Waals surface area contributed by atoms with Gasteiger partial charge in [-0.15, -0.1) is 11.3 Å². The highest BCUT2D eigenvalue weighted by atomic mass is 32.1. The highest BCUT2D eigenvalue weighted by Crippen LogP contribution is 2.37. The topological polar surface area (TPSA) is 103 Å². The molecule has 0 aliphatic carbocycles. The number of nitrogens with zero attached hydrogens (tertiary/aromatic N) is 1. The second kappa shape index (κ2) is 10.1. The second-order valence-electron chi connectivity index (χ2n) is 8.43. The molecule has 176 valence electrons. The maximum Gasteiger partial charge on any atom is 0.263 e. The molecule has 4 rings (SSSR count). The Morgan fingerprint density at radius 3 is 2.62 bits per heavy atom. The first kappa shape index (κ1) is 23.5. The average Bonchev–Trinajstić information content (AvgIpc) is 3.09. The number of carbonyl (C=O) groups is 3. The molecular weight excluding hydrogens is 450 g/mol. The molecule has 1 atom stereocenters. The van der Waals surface area contributed by atoms with E-state index in [2.05, 4.69) is 21.3 Å². The first-order valence-electron chi connectivity index (χ1n) is 11.0. The molecule has 3 aromatic rings. The average molecular weight is 478 g/mol. The summed E-state index contributed by atoms with van der Waals surface area (Å²) in [6, 6.07) is 12.4. The third kappa shape index (κ3) is 5.27. The van der Waals surface area contributed by atoms with E-state index in [4.69, 9.17) is 0 Å². The molecule has 8 nitrogen and oxygen atoms in total. The van der Waals surface area contributed by atoms with Gasteiger partial charge in [0.1, 0.15) is 4.88 Å². The van der Waals surface area contributed by atoms with Gasteiger partial charge >= 0.3 is 0 Å². The molecule has 0 unspecified atom stereocenters. The first-order valence-corrected chi connectivity index (χ1v) is 11.8. The standard InChI is InChI=1S/C25H27N5O3S/c1-15-14-26-22-17-13-16(10-11-20(17)34-23(22)25(33)27-15)24(32)29-19-8-5-4-7-18(19)28-21(31)9-6-12-30(2)3/h4-11,13,15,26H,12,14H2,1-3H3,(H,27,33)(H,28,31)(H,29,32)/b9-6+/t15-/m1/s1. The fourth-order valence-corrected chi connectivity index (χ4v) is 4.67. The Morgan fingerprint density at radius 2 is 1.88 bits per heavy atom. The molecular formula is C25H27N5O3S. The van der Waals surface area contributed by atoms with Crippen molar-refractivity contribution in [2.45, 2.75) is 13.0 Å². The Balaban J connectivity index is 1.54. The molecule has 1 aliphatic heterocycles. The summed E-state index contributed by atoms with van der Waals surface area (Å²) in [5.41, 5.74) is 2.22. The van der Waals surface area contributed by atoms with Crippen LogP contribution < -0.4 is 21.3 Å². The van der Waals surface area contributed by atoms with Crippen LogP contribution in [0.5, 0.6) is 0 Å². The molecule has 4 N–H and O–H groups in total. The van der Waals surface area contributed by atoms with Crippen molar-refractivity contribution in [1.29, 1.82) is 0 Å². The van der Waals surface area contributed by atoms with E-state index in [0.717, 1.165) is 15.8 Å². The van der Waals surface area contributed by atoms with E-state index in [-0.39, 0.29) is 23.8 Å². The van der Waals surface area contributed by atoms with E-state index in [0.29, 0.717) is 34.9 Å². The van der Waals surface area contributed by atoms with E-state index in [1.54, 1.807) is 42.5 Å². The molecule has 2 heterocycles. The number of likely N-dealkylation sites (N-methyl/N-ethyl adjacent to an activating group) is 1. The van der Waals surface area contributed by atoms with Crippen molar-refractivity contribution in [3.05, 3.63) is 65.1 Å². The van der Waals surface area contributed by atoms with Crippen LogP contribution in [-0.2, 0) is 4.79 Å². The number of nitrogens with one attached hydrogen (secondary N) is 4. The monoisotopic (exact) mass is 477 g/mol. The predicted octanol–water partition coefficient (Wildman–Crippen LogP) is 3.75. The molecule has 1 aromatic heterocycles. The molecule has 0 bridgehead atoms. The summed E-state index contributed by atoms with van der Waals surface area (Å²) in [4.78, 5) is 40.4. The van der Waals surface area contributed by atoms with Gasteiger partial charge in [0.15, 0.2) is 0 Å². The van der Waals surface area contributed by atoms with Gasteiger partial charge < -0.3 is 26.2 Å². The number of para-hydroxylation sites is 2. The minimum atomic E-state index is -0.307. The zero-order chi connectivity index (χ0) is 24.2. The Kier molecular flexibility index (Phi) is 6.95. The molecule has 0 spiro atoms. The number of hydrogen-bond donors (Lipinski definition) is 4. The molecule has 34 heavy (non-hydrogen) atoms. The van der Waals surface area contributed by atoms with Crippen molar-refractivity contribution >= 4 is 56.2 Å².